The molecule has 6 nitrogen and oxygen atoms in total. The van der Waals surface area contributed by atoms with Gasteiger partial charge in [0.05, 0.1) is 19.7 Å². The maximum absolute atomic E-state index is 12.5. The highest BCUT2D eigenvalue weighted by Gasteiger charge is 2.21. The summed E-state index contributed by atoms with van der Waals surface area (Å²) in [5.74, 6) is 1.90. The van der Waals surface area contributed by atoms with Crippen LogP contribution in [-0.4, -0.2) is 55.6 Å². The number of hydrogen-bond donors (Lipinski definition) is 1. The zero-order chi connectivity index (χ0) is 19.1. The van der Waals surface area contributed by atoms with Crippen molar-refractivity contribution in [3.05, 3.63) is 54.2 Å². The van der Waals surface area contributed by atoms with Gasteiger partial charge in [0, 0.05) is 32.4 Å². The van der Waals surface area contributed by atoms with Gasteiger partial charge in [-0.1, -0.05) is 25.1 Å². The smallest absolute Gasteiger partial charge is 0.234 e. The summed E-state index contributed by atoms with van der Waals surface area (Å²) < 4.78 is 5.20. The van der Waals surface area contributed by atoms with Gasteiger partial charge in [0.2, 0.25) is 5.91 Å². The molecule has 3 rings (SSSR count). The zero-order valence-corrected chi connectivity index (χ0v) is 16.1. The fourth-order valence-corrected chi connectivity index (χ4v) is 3.38. The number of nitrogens with zero attached hydrogens (tertiary/aromatic N) is 3. The average Bonchev–Trinajstić information content (AvgIpc) is 2.73. The minimum Gasteiger partial charge on any atom is -0.497 e. The molecule has 1 aliphatic heterocycles. The van der Waals surface area contributed by atoms with E-state index in [1.165, 1.54) is 0 Å². The number of benzene rings is 1. The summed E-state index contributed by atoms with van der Waals surface area (Å²) >= 11 is 0. The van der Waals surface area contributed by atoms with E-state index in [0.29, 0.717) is 6.54 Å². The predicted molar refractivity (Wildman–Crippen MR) is 107 cm³/mol. The van der Waals surface area contributed by atoms with Crippen molar-refractivity contribution in [3.8, 4) is 5.75 Å². The minimum absolute atomic E-state index is 0.0261. The summed E-state index contributed by atoms with van der Waals surface area (Å²) in [5.41, 5.74) is 1.10. The number of nitrogens with one attached hydrogen (secondary N) is 1. The first-order chi connectivity index (χ1) is 13.2. The Labute approximate surface area is 161 Å². The SMILES string of the molecule is CCC(NC(=O)CN1CCN(c2ccccn2)CC1)c1ccc(OC)cc1. The molecule has 0 radical (unpaired) electrons. The molecule has 1 aliphatic rings. The number of piperazine rings is 1. The van der Waals surface area contributed by atoms with Gasteiger partial charge in [-0.25, -0.2) is 4.98 Å². The molecule has 0 saturated carbocycles. The summed E-state index contributed by atoms with van der Waals surface area (Å²) in [5, 5.41) is 3.16. The van der Waals surface area contributed by atoms with Crippen molar-refractivity contribution in [2.24, 2.45) is 0 Å². The third-order valence-corrected chi connectivity index (χ3v) is 4.97. The number of pyridine rings is 1. The second-order valence-electron chi connectivity index (χ2n) is 6.75. The van der Waals surface area contributed by atoms with Crippen LogP contribution in [0.15, 0.2) is 48.7 Å². The van der Waals surface area contributed by atoms with Crippen molar-refractivity contribution in [2.75, 3.05) is 44.7 Å². The van der Waals surface area contributed by atoms with Crippen LogP contribution in [0.2, 0.25) is 0 Å². The van der Waals surface area contributed by atoms with E-state index in [1.54, 1.807) is 7.11 Å². The highest BCUT2D eigenvalue weighted by atomic mass is 16.5. The second kappa shape index (κ2) is 9.37. The van der Waals surface area contributed by atoms with Crippen molar-refractivity contribution in [1.82, 2.24) is 15.2 Å². The zero-order valence-electron chi connectivity index (χ0n) is 16.1. The Balaban J connectivity index is 1.48. The molecule has 1 atom stereocenters. The molecule has 1 fully saturated rings. The van der Waals surface area contributed by atoms with E-state index in [0.717, 1.165) is 49.7 Å². The molecular weight excluding hydrogens is 340 g/mol. The second-order valence-corrected chi connectivity index (χ2v) is 6.75. The lowest BCUT2D eigenvalue weighted by molar-refractivity contribution is -0.123. The van der Waals surface area contributed by atoms with Crippen LogP contribution in [0.4, 0.5) is 5.82 Å². The van der Waals surface area contributed by atoms with Crippen LogP contribution in [0.25, 0.3) is 0 Å². The largest absolute Gasteiger partial charge is 0.497 e. The van der Waals surface area contributed by atoms with E-state index in [4.69, 9.17) is 4.74 Å². The van der Waals surface area contributed by atoms with E-state index in [9.17, 15) is 4.79 Å². The first-order valence-electron chi connectivity index (χ1n) is 9.51. The molecule has 1 aromatic heterocycles. The van der Waals surface area contributed by atoms with E-state index < -0.39 is 0 Å². The lowest BCUT2D eigenvalue weighted by atomic mass is 10.0. The molecule has 144 valence electrons. The number of carbonyl (C=O) groups excluding carboxylic acids is 1. The maximum Gasteiger partial charge on any atom is 0.234 e. The summed E-state index contributed by atoms with van der Waals surface area (Å²) in [7, 11) is 1.65. The Kier molecular flexibility index (Phi) is 6.65. The van der Waals surface area contributed by atoms with Gasteiger partial charge in [0.1, 0.15) is 11.6 Å². The summed E-state index contributed by atoms with van der Waals surface area (Å²) in [6.07, 6.45) is 2.67. The summed E-state index contributed by atoms with van der Waals surface area (Å²) in [6, 6.07) is 13.9. The van der Waals surface area contributed by atoms with Crippen molar-refractivity contribution in [3.63, 3.8) is 0 Å². The molecule has 0 spiro atoms. The molecule has 2 aromatic rings. The molecular formula is C21H28N4O2. The van der Waals surface area contributed by atoms with E-state index in [1.807, 2.05) is 48.7 Å². The van der Waals surface area contributed by atoms with Gasteiger partial charge in [-0.15, -0.1) is 0 Å². The maximum atomic E-state index is 12.5. The Morgan fingerprint density at radius 2 is 1.89 bits per heavy atom. The van der Waals surface area contributed by atoms with Crippen molar-refractivity contribution in [2.45, 2.75) is 19.4 Å². The van der Waals surface area contributed by atoms with Gasteiger partial charge in [-0.2, -0.15) is 0 Å². The number of anilines is 1. The highest BCUT2D eigenvalue weighted by Crippen LogP contribution is 2.20. The molecule has 1 N–H and O–H groups in total. The van der Waals surface area contributed by atoms with Crippen LogP contribution in [0.5, 0.6) is 5.75 Å². The van der Waals surface area contributed by atoms with E-state index in [2.05, 4.69) is 27.0 Å². The molecule has 2 heterocycles. The monoisotopic (exact) mass is 368 g/mol. The molecule has 1 amide bonds. The predicted octanol–water partition coefficient (Wildman–Crippen LogP) is 2.48. The lowest BCUT2D eigenvalue weighted by Gasteiger charge is -2.35. The first kappa shape index (κ1) is 19.2. The average molecular weight is 368 g/mol. The molecule has 1 unspecified atom stereocenters. The number of aromatic nitrogens is 1. The van der Waals surface area contributed by atoms with Gasteiger partial charge in [0.15, 0.2) is 0 Å². The molecule has 0 bridgehead atoms. The third kappa shape index (κ3) is 5.20. The Morgan fingerprint density at radius 3 is 2.48 bits per heavy atom. The summed E-state index contributed by atoms with van der Waals surface area (Å²) in [4.78, 5) is 21.4. The number of ether oxygens (including phenoxy) is 1. The Hall–Kier alpha value is -2.60. The van der Waals surface area contributed by atoms with Gasteiger partial charge in [0.25, 0.3) is 0 Å². The van der Waals surface area contributed by atoms with Crippen LogP contribution in [0, 0.1) is 0 Å². The highest BCUT2D eigenvalue weighted by molar-refractivity contribution is 5.78. The number of carbonyl (C=O) groups is 1. The number of hydrogen-bond acceptors (Lipinski definition) is 5. The van der Waals surface area contributed by atoms with Gasteiger partial charge < -0.3 is 15.0 Å². The van der Waals surface area contributed by atoms with Crippen molar-refractivity contribution in [1.29, 1.82) is 0 Å². The fourth-order valence-electron chi connectivity index (χ4n) is 3.38. The number of rotatable bonds is 7. The van der Waals surface area contributed by atoms with Crippen LogP contribution in [0.1, 0.15) is 24.9 Å². The third-order valence-electron chi connectivity index (χ3n) is 4.97. The van der Waals surface area contributed by atoms with Gasteiger partial charge >= 0.3 is 0 Å². The minimum atomic E-state index is 0.0261. The summed E-state index contributed by atoms with van der Waals surface area (Å²) in [6.45, 7) is 6.02. The van der Waals surface area contributed by atoms with Crippen LogP contribution >= 0.6 is 0 Å². The first-order valence-corrected chi connectivity index (χ1v) is 9.51. The fraction of sp³-hybridized carbons (Fsp3) is 0.429. The van der Waals surface area contributed by atoms with Gasteiger partial charge in [-0.05, 0) is 36.2 Å². The molecule has 0 aliphatic carbocycles. The standard InChI is InChI=1S/C21H28N4O2/c1-3-19(17-7-9-18(27-2)10-8-17)23-21(26)16-24-12-14-25(15-13-24)20-6-4-5-11-22-20/h4-11,19H,3,12-16H2,1-2H3,(H,23,26). The molecule has 1 aromatic carbocycles. The van der Waals surface area contributed by atoms with Crippen LogP contribution in [-0.2, 0) is 4.79 Å². The number of amides is 1. The molecule has 27 heavy (non-hydrogen) atoms. The topological polar surface area (TPSA) is 57.7 Å². The van der Waals surface area contributed by atoms with Crippen LogP contribution < -0.4 is 15.0 Å². The van der Waals surface area contributed by atoms with E-state index >= 15 is 0 Å². The number of methoxy groups -OCH3 is 1. The van der Waals surface area contributed by atoms with Crippen LogP contribution in [0.3, 0.4) is 0 Å². The van der Waals surface area contributed by atoms with Crippen molar-refractivity contribution >= 4 is 11.7 Å². The Morgan fingerprint density at radius 1 is 1.15 bits per heavy atom. The normalized spacial score (nSPS) is 16.0. The quantitative estimate of drug-likeness (QED) is 0.814. The van der Waals surface area contributed by atoms with Gasteiger partial charge in [-0.3, -0.25) is 9.69 Å². The lowest BCUT2D eigenvalue weighted by Crippen LogP contribution is -2.50. The van der Waals surface area contributed by atoms with Crippen molar-refractivity contribution < 1.29 is 9.53 Å². The molecule has 1 saturated heterocycles. The Bertz CT molecular complexity index is 713. The van der Waals surface area contributed by atoms with E-state index in [-0.39, 0.29) is 11.9 Å². The molecule has 6 heteroatoms.